The Morgan fingerprint density at radius 3 is 2.40 bits per heavy atom. The van der Waals surface area contributed by atoms with Gasteiger partial charge in [-0.15, -0.1) is 23.5 Å². The van der Waals surface area contributed by atoms with Crippen molar-refractivity contribution in [2.75, 3.05) is 26.7 Å². The predicted molar refractivity (Wildman–Crippen MR) is 88.7 cm³/mol. The highest BCUT2D eigenvalue weighted by molar-refractivity contribution is 8.21. The van der Waals surface area contributed by atoms with Crippen LogP contribution >= 0.6 is 23.5 Å². The third kappa shape index (κ3) is 4.98. The van der Waals surface area contributed by atoms with Crippen LogP contribution in [0.25, 0.3) is 6.08 Å². The van der Waals surface area contributed by atoms with Gasteiger partial charge in [0.25, 0.3) is 0 Å². The Labute approximate surface area is 128 Å². The summed E-state index contributed by atoms with van der Waals surface area (Å²) in [6.07, 6.45) is 8.81. The molecule has 0 unspecified atom stereocenters. The smallest absolute Gasteiger partial charge is 0.180 e. The molecule has 0 aromatic heterocycles. The maximum atomic E-state index is 11.8. The fourth-order valence-corrected chi connectivity index (χ4v) is 2.63. The van der Waals surface area contributed by atoms with E-state index in [2.05, 4.69) is 0 Å². The van der Waals surface area contributed by atoms with Gasteiger partial charge < -0.3 is 9.47 Å². The minimum atomic E-state index is -0.0402. The standard InChI is InChI=1S/C15H18O3S2/c1-17-13-8-6-11(14(10-13)18-2)5-7-12(16)9-15(19-3)20-4/h5-10H,1-4H3/b7-5+. The summed E-state index contributed by atoms with van der Waals surface area (Å²) in [5.74, 6) is 1.35. The molecule has 0 saturated heterocycles. The van der Waals surface area contributed by atoms with E-state index in [9.17, 15) is 4.79 Å². The normalized spacial score (nSPS) is 10.4. The molecule has 0 bridgehead atoms. The highest BCUT2D eigenvalue weighted by Gasteiger charge is 2.03. The molecule has 1 rings (SSSR count). The molecule has 0 spiro atoms. The second kappa shape index (κ2) is 8.76. The minimum Gasteiger partial charge on any atom is -0.497 e. The Bertz CT molecular complexity index is 516. The van der Waals surface area contributed by atoms with Crippen molar-refractivity contribution in [3.8, 4) is 11.5 Å². The van der Waals surface area contributed by atoms with Gasteiger partial charge in [0.15, 0.2) is 5.78 Å². The Balaban J connectivity index is 2.90. The van der Waals surface area contributed by atoms with Gasteiger partial charge in [-0.05, 0) is 36.8 Å². The van der Waals surface area contributed by atoms with Crippen molar-refractivity contribution in [3.05, 3.63) is 40.2 Å². The molecule has 20 heavy (non-hydrogen) atoms. The van der Waals surface area contributed by atoms with Gasteiger partial charge in [-0.1, -0.05) is 0 Å². The van der Waals surface area contributed by atoms with E-state index in [-0.39, 0.29) is 5.78 Å². The Morgan fingerprint density at radius 2 is 1.85 bits per heavy atom. The van der Waals surface area contributed by atoms with Gasteiger partial charge in [0.1, 0.15) is 11.5 Å². The number of carbonyl (C=O) groups excluding carboxylic acids is 1. The molecule has 0 fully saturated rings. The first-order valence-corrected chi connectivity index (χ1v) is 8.33. The number of methoxy groups -OCH3 is 2. The molecule has 0 radical (unpaired) electrons. The molecule has 5 heteroatoms. The number of hydrogen-bond acceptors (Lipinski definition) is 5. The van der Waals surface area contributed by atoms with Crippen LogP contribution in [0.4, 0.5) is 0 Å². The largest absolute Gasteiger partial charge is 0.497 e. The molecule has 0 aliphatic heterocycles. The van der Waals surface area contributed by atoms with Crippen molar-refractivity contribution in [1.29, 1.82) is 0 Å². The fraction of sp³-hybridized carbons (Fsp3) is 0.267. The SMILES string of the molecule is COc1ccc(/C=C/C(=O)C=C(SC)SC)c(OC)c1. The molecule has 3 nitrogen and oxygen atoms in total. The maximum absolute atomic E-state index is 11.8. The molecule has 1 aromatic carbocycles. The second-order valence-corrected chi connectivity index (χ2v) is 5.67. The van der Waals surface area contributed by atoms with E-state index in [0.717, 1.165) is 15.6 Å². The van der Waals surface area contributed by atoms with E-state index in [1.54, 1.807) is 56.0 Å². The van der Waals surface area contributed by atoms with E-state index < -0.39 is 0 Å². The molecule has 0 heterocycles. The summed E-state index contributed by atoms with van der Waals surface area (Å²) in [4.78, 5) is 11.8. The van der Waals surface area contributed by atoms with Crippen LogP contribution in [-0.2, 0) is 4.79 Å². The molecule has 0 aliphatic rings. The first kappa shape index (κ1) is 16.7. The van der Waals surface area contributed by atoms with Crippen molar-refractivity contribution >= 4 is 35.4 Å². The van der Waals surface area contributed by atoms with Gasteiger partial charge in [-0.3, -0.25) is 4.79 Å². The molecule has 108 valence electrons. The third-order valence-electron chi connectivity index (χ3n) is 2.53. The van der Waals surface area contributed by atoms with Gasteiger partial charge in [0.05, 0.1) is 14.2 Å². The van der Waals surface area contributed by atoms with Crippen LogP contribution in [0.1, 0.15) is 5.56 Å². The van der Waals surface area contributed by atoms with Crippen molar-refractivity contribution in [3.63, 3.8) is 0 Å². The zero-order chi connectivity index (χ0) is 15.0. The highest BCUT2D eigenvalue weighted by Crippen LogP contribution is 2.26. The number of allylic oxidation sites excluding steroid dienone is 2. The van der Waals surface area contributed by atoms with Crippen LogP contribution in [0.2, 0.25) is 0 Å². The van der Waals surface area contributed by atoms with Crippen LogP contribution in [0.15, 0.2) is 34.6 Å². The van der Waals surface area contributed by atoms with Crippen LogP contribution in [-0.4, -0.2) is 32.5 Å². The predicted octanol–water partition coefficient (Wildman–Crippen LogP) is 3.85. The molecule has 0 saturated carbocycles. The summed E-state index contributed by atoms with van der Waals surface area (Å²) in [7, 11) is 3.19. The van der Waals surface area contributed by atoms with Crippen LogP contribution in [0, 0.1) is 0 Å². The lowest BCUT2D eigenvalue weighted by Gasteiger charge is -2.07. The summed E-state index contributed by atoms with van der Waals surface area (Å²) in [5.41, 5.74) is 0.838. The minimum absolute atomic E-state index is 0.0402. The average Bonchev–Trinajstić information content (AvgIpc) is 2.50. The Hall–Kier alpha value is -1.33. The average molecular weight is 310 g/mol. The van der Waals surface area contributed by atoms with E-state index >= 15 is 0 Å². The van der Waals surface area contributed by atoms with E-state index in [4.69, 9.17) is 9.47 Å². The third-order valence-corrected chi connectivity index (χ3v) is 4.57. The maximum Gasteiger partial charge on any atom is 0.180 e. The number of ketones is 1. The number of thioether (sulfide) groups is 2. The second-order valence-electron chi connectivity index (χ2n) is 3.72. The van der Waals surface area contributed by atoms with Gasteiger partial charge in [-0.2, -0.15) is 0 Å². The first-order chi connectivity index (χ1) is 9.64. The first-order valence-electron chi connectivity index (χ1n) is 5.88. The summed E-state index contributed by atoms with van der Waals surface area (Å²) in [6, 6.07) is 5.47. The zero-order valence-corrected chi connectivity index (χ0v) is 13.6. The molecule has 1 aromatic rings. The van der Waals surface area contributed by atoms with Crippen molar-refractivity contribution in [2.45, 2.75) is 0 Å². The number of ether oxygens (including phenoxy) is 2. The summed E-state index contributed by atoms with van der Waals surface area (Å²) in [5, 5.41) is 0. The lowest BCUT2D eigenvalue weighted by molar-refractivity contribution is -0.110. The lowest BCUT2D eigenvalue weighted by Crippen LogP contribution is -1.91. The van der Waals surface area contributed by atoms with Crippen LogP contribution in [0.5, 0.6) is 11.5 Å². The molecule has 0 atom stereocenters. The summed E-state index contributed by atoms with van der Waals surface area (Å²) >= 11 is 3.12. The Morgan fingerprint density at radius 1 is 1.15 bits per heavy atom. The molecular formula is C15H18O3S2. The monoisotopic (exact) mass is 310 g/mol. The molecule has 0 aliphatic carbocycles. The van der Waals surface area contributed by atoms with Crippen molar-refractivity contribution < 1.29 is 14.3 Å². The van der Waals surface area contributed by atoms with Gasteiger partial charge in [0.2, 0.25) is 0 Å². The van der Waals surface area contributed by atoms with E-state index in [1.807, 2.05) is 24.6 Å². The van der Waals surface area contributed by atoms with Gasteiger partial charge >= 0.3 is 0 Å². The molecule has 0 amide bonds. The quantitative estimate of drug-likeness (QED) is 0.715. The summed E-state index contributed by atoms with van der Waals surface area (Å²) < 4.78 is 11.4. The number of rotatable bonds is 7. The Kier molecular flexibility index (Phi) is 7.33. The van der Waals surface area contributed by atoms with E-state index in [1.165, 1.54) is 6.08 Å². The van der Waals surface area contributed by atoms with Gasteiger partial charge in [-0.25, -0.2) is 0 Å². The highest BCUT2D eigenvalue weighted by atomic mass is 32.2. The van der Waals surface area contributed by atoms with Crippen molar-refractivity contribution in [1.82, 2.24) is 0 Å². The summed E-state index contributed by atoms with van der Waals surface area (Å²) in [6.45, 7) is 0. The number of hydrogen-bond donors (Lipinski definition) is 0. The number of carbonyl (C=O) groups is 1. The number of benzene rings is 1. The topological polar surface area (TPSA) is 35.5 Å². The molecular weight excluding hydrogens is 292 g/mol. The lowest BCUT2D eigenvalue weighted by atomic mass is 10.1. The zero-order valence-electron chi connectivity index (χ0n) is 12.0. The molecule has 0 N–H and O–H groups in total. The van der Waals surface area contributed by atoms with Crippen LogP contribution in [0.3, 0.4) is 0 Å². The van der Waals surface area contributed by atoms with E-state index in [0.29, 0.717) is 5.75 Å². The van der Waals surface area contributed by atoms with Crippen molar-refractivity contribution in [2.24, 2.45) is 0 Å². The fourth-order valence-electron chi connectivity index (χ4n) is 1.49. The van der Waals surface area contributed by atoms with Crippen LogP contribution < -0.4 is 9.47 Å². The van der Waals surface area contributed by atoms with Gasteiger partial charge in [0, 0.05) is 21.9 Å².